The second-order valence-corrected chi connectivity index (χ2v) is 13.1. The summed E-state index contributed by atoms with van der Waals surface area (Å²) < 4.78 is 28.4. The van der Waals surface area contributed by atoms with Crippen LogP contribution in [0.15, 0.2) is 114 Å². The lowest BCUT2D eigenvalue weighted by molar-refractivity contribution is -0.130. The molecule has 46 heavy (non-hydrogen) atoms. The van der Waals surface area contributed by atoms with Gasteiger partial charge in [-0.25, -0.2) is 13.1 Å². The van der Waals surface area contributed by atoms with E-state index < -0.39 is 33.9 Å². The molecule has 1 aromatic heterocycles. The second kappa shape index (κ2) is 13.8. The van der Waals surface area contributed by atoms with Gasteiger partial charge in [0.1, 0.15) is 12.1 Å². The normalized spacial score (nSPS) is 12.7. The van der Waals surface area contributed by atoms with E-state index in [1.807, 2.05) is 74.5 Å². The first-order valence-electron chi connectivity index (χ1n) is 14.9. The molecule has 4 aromatic carbocycles. The van der Waals surface area contributed by atoms with Crippen LogP contribution >= 0.6 is 0 Å². The van der Waals surface area contributed by atoms with E-state index in [2.05, 4.69) is 15.0 Å². The van der Waals surface area contributed by atoms with Gasteiger partial charge in [-0.3, -0.25) is 14.4 Å². The Morgan fingerprint density at radius 1 is 0.783 bits per heavy atom. The molecule has 0 aliphatic rings. The summed E-state index contributed by atoms with van der Waals surface area (Å²) in [6, 6.07) is 27.5. The highest BCUT2D eigenvalue weighted by Crippen LogP contribution is 2.21. The fraction of sp³-hybridized carbons (Fsp3) is 0.194. The van der Waals surface area contributed by atoms with Crippen LogP contribution in [0, 0.1) is 13.8 Å². The third kappa shape index (κ3) is 7.52. The van der Waals surface area contributed by atoms with Crippen LogP contribution in [0.25, 0.3) is 10.9 Å². The van der Waals surface area contributed by atoms with Crippen molar-refractivity contribution in [1.82, 2.24) is 19.9 Å². The van der Waals surface area contributed by atoms with E-state index in [0.717, 1.165) is 27.6 Å². The van der Waals surface area contributed by atoms with Crippen LogP contribution in [0.5, 0.6) is 0 Å². The summed E-state index contributed by atoms with van der Waals surface area (Å²) in [7, 11) is -2.67. The average molecular weight is 637 g/mol. The maximum atomic E-state index is 14.2. The van der Waals surface area contributed by atoms with Crippen LogP contribution in [0.2, 0.25) is 0 Å². The molecule has 0 spiro atoms. The topological polar surface area (TPSA) is 128 Å². The van der Waals surface area contributed by atoms with Gasteiger partial charge < -0.3 is 15.2 Å². The Morgan fingerprint density at radius 3 is 2.07 bits per heavy atom. The van der Waals surface area contributed by atoms with Gasteiger partial charge in [-0.2, -0.15) is 0 Å². The van der Waals surface area contributed by atoms with Crippen LogP contribution in [-0.2, 0) is 32.5 Å². The fourth-order valence-electron chi connectivity index (χ4n) is 5.55. The number of fused-ring (bicyclic) bond motifs is 1. The maximum Gasteiger partial charge on any atom is 0.264 e. The molecule has 2 atom stereocenters. The molecule has 0 aliphatic heterocycles. The molecule has 236 valence electrons. The van der Waals surface area contributed by atoms with Crippen LogP contribution in [0.1, 0.15) is 32.6 Å². The Hall–Kier alpha value is -5.22. The number of sulfonamides is 1. The number of aryl methyl sites for hydroxylation is 2. The van der Waals surface area contributed by atoms with E-state index in [-0.39, 0.29) is 23.6 Å². The molecule has 0 aliphatic carbocycles. The molecule has 3 amide bonds. The lowest BCUT2D eigenvalue weighted by atomic mass is 10.0. The predicted molar refractivity (Wildman–Crippen MR) is 178 cm³/mol. The molecule has 9 nitrogen and oxygen atoms in total. The first-order valence-corrected chi connectivity index (χ1v) is 16.4. The number of benzene rings is 4. The first-order chi connectivity index (χ1) is 22.0. The molecule has 5 aromatic rings. The Bertz CT molecular complexity index is 1950. The SMILES string of the molecule is Cc1cc(C)cc(C(=O)N(C)C(Cc2ccccc2)C(=O)NC(Cc2c[nH]c3ccccc23)C(=O)NS(=O)(=O)c2ccccc2)c1. The highest BCUT2D eigenvalue weighted by molar-refractivity contribution is 7.90. The van der Waals surface area contributed by atoms with Gasteiger partial charge in [-0.15, -0.1) is 0 Å². The Labute approximate surface area is 268 Å². The molecular weight excluding hydrogens is 600 g/mol. The first kappa shape index (κ1) is 32.2. The summed E-state index contributed by atoms with van der Waals surface area (Å²) in [5, 5.41) is 3.64. The van der Waals surface area contributed by atoms with E-state index >= 15 is 0 Å². The van der Waals surface area contributed by atoms with Gasteiger partial charge in [-0.05, 0) is 55.3 Å². The van der Waals surface area contributed by atoms with Crippen molar-refractivity contribution in [3.63, 3.8) is 0 Å². The van der Waals surface area contributed by atoms with Crippen molar-refractivity contribution in [3.05, 3.63) is 137 Å². The molecule has 1 heterocycles. The van der Waals surface area contributed by atoms with Gasteiger partial charge in [0.15, 0.2) is 0 Å². The number of H-pyrrole nitrogens is 1. The number of hydrogen-bond acceptors (Lipinski definition) is 5. The molecule has 0 saturated carbocycles. The van der Waals surface area contributed by atoms with Crippen LogP contribution in [0.4, 0.5) is 0 Å². The molecule has 2 unspecified atom stereocenters. The predicted octanol–water partition coefficient (Wildman–Crippen LogP) is 4.70. The van der Waals surface area contributed by atoms with E-state index in [1.54, 1.807) is 43.6 Å². The minimum atomic E-state index is -4.23. The molecule has 10 heteroatoms. The van der Waals surface area contributed by atoms with Crippen molar-refractivity contribution in [1.29, 1.82) is 0 Å². The molecule has 0 radical (unpaired) electrons. The maximum absolute atomic E-state index is 14.2. The summed E-state index contributed by atoms with van der Waals surface area (Å²) in [5.41, 5.74) is 4.62. The van der Waals surface area contributed by atoms with Gasteiger partial charge in [0, 0.05) is 42.6 Å². The minimum absolute atomic E-state index is 0.00130. The van der Waals surface area contributed by atoms with Gasteiger partial charge in [-0.1, -0.05) is 83.9 Å². The van der Waals surface area contributed by atoms with Gasteiger partial charge in [0.05, 0.1) is 4.90 Å². The lowest BCUT2D eigenvalue weighted by Gasteiger charge is -2.29. The number of hydrogen-bond donors (Lipinski definition) is 3. The number of nitrogens with one attached hydrogen (secondary N) is 3. The Balaban J connectivity index is 1.48. The number of likely N-dealkylation sites (N-methyl/N-ethyl adjacent to an activating group) is 1. The number of aromatic nitrogens is 1. The van der Waals surface area contributed by atoms with Crippen LogP contribution in [0.3, 0.4) is 0 Å². The average Bonchev–Trinajstić information content (AvgIpc) is 3.45. The number of rotatable bonds is 11. The smallest absolute Gasteiger partial charge is 0.264 e. The summed E-state index contributed by atoms with van der Waals surface area (Å²) in [4.78, 5) is 46.1. The molecule has 3 N–H and O–H groups in total. The monoisotopic (exact) mass is 636 g/mol. The number of aromatic amines is 1. The van der Waals surface area contributed by atoms with Crippen molar-refractivity contribution in [2.45, 2.75) is 43.7 Å². The Kier molecular flexibility index (Phi) is 9.67. The van der Waals surface area contributed by atoms with E-state index in [9.17, 15) is 22.8 Å². The second-order valence-electron chi connectivity index (χ2n) is 11.4. The fourth-order valence-corrected chi connectivity index (χ4v) is 6.59. The Morgan fingerprint density at radius 2 is 1.39 bits per heavy atom. The number of carbonyl (C=O) groups is 3. The summed E-state index contributed by atoms with van der Waals surface area (Å²) in [6.45, 7) is 3.80. The molecule has 0 bridgehead atoms. The summed E-state index contributed by atoms with van der Waals surface area (Å²) >= 11 is 0. The standard InChI is InChI=1S/C36H36N4O5S/c1-24-18-25(2)20-27(19-24)36(43)40(3)33(21-26-12-6-4-7-13-26)35(42)38-32(22-28-23-37-31-17-11-10-16-30(28)31)34(41)39-46(44,45)29-14-8-5-9-15-29/h4-20,23,32-33,37H,21-22H2,1-3H3,(H,38,42)(H,39,41). The van der Waals surface area contributed by atoms with Crippen molar-refractivity contribution in [2.24, 2.45) is 0 Å². The third-order valence-electron chi connectivity index (χ3n) is 7.85. The van der Waals surface area contributed by atoms with Gasteiger partial charge in [0.2, 0.25) is 5.91 Å². The summed E-state index contributed by atoms with van der Waals surface area (Å²) in [6.07, 6.45) is 1.90. The summed E-state index contributed by atoms with van der Waals surface area (Å²) in [5.74, 6) is -1.85. The molecule has 0 fully saturated rings. The quantitative estimate of drug-likeness (QED) is 0.194. The van der Waals surface area contributed by atoms with E-state index in [0.29, 0.717) is 11.1 Å². The number of nitrogens with zero attached hydrogens (tertiary/aromatic N) is 1. The lowest BCUT2D eigenvalue weighted by Crippen LogP contribution is -2.56. The number of para-hydroxylation sites is 1. The number of amides is 3. The zero-order valence-corrected chi connectivity index (χ0v) is 26.7. The van der Waals surface area contributed by atoms with E-state index in [1.165, 1.54) is 17.0 Å². The van der Waals surface area contributed by atoms with Crippen LogP contribution < -0.4 is 10.0 Å². The van der Waals surface area contributed by atoms with Crippen LogP contribution in [-0.4, -0.2) is 55.2 Å². The molecule has 0 saturated heterocycles. The third-order valence-corrected chi connectivity index (χ3v) is 9.21. The highest BCUT2D eigenvalue weighted by atomic mass is 32.2. The van der Waals surface area contributed by atoms with Crippen molar-refractivity contribution < 1.29 is 22.8 Å². The van der Waals surface area contributed by atoms with Gasteiger partial charge in [0.25, 0.3) is 21.8 Å². The highest BCUT2D eigenvalue weighted by Gasteiger charge is 2.33. The minimum Gasteiger partial charge on any atom is -0.361 e. The zero-order valence-electron chi connectivity index (χ0n) is 25.9. The molecule has 5 rings (SSSR count). The molecular formula is C36H36N4O5S. The number of carbonyl (C=O) groups excluding carboxylic acids is 3. The zero-order chi connectivity index (χ0) is 32.8. The van der Waals surface area contributed by atoms with Crippen molar-refractivity contribution >= 4 is 38.6 Å². The van der Waals surface area contributed by atoms with E-state index in [4.69, 9.17) is 0 Å². The largest absolute Gasteiger partial charge is 0.361 e. The van der Waals surface area contributed by atoms with Crippen molar-refractivity contribution in [2.75, 3.05) is 7.05 Å². The van der Waals surface area contributed by atoms with Gasteiger partial charge >= 0.3 is 0 Å². The van der Waals surface area contributed by atoms with Crippen molar-refractivity contribution in [3.8, 4) is 0 Å².